The van der Waals surface area contributed by atoms with Crippen molar-refractivity contribution < 1.29 is 9.21 Å². The van der Waals surface area contributed by atoms with Gasteiger partial charge < -0.3 is 9.32 Å². The monoisotopic (exact) mass is 354 g/mol. The number of carbonyl (C=O) groups excluding carboxylic acids is 1. The number of rotatable bonds is 8. The van der Waals surface area contributed by atoms with Crippen molar-refractivity contribution in [2.45, 2.75) is 43.1 Å². The molecule has 0 spiro atoms. The molecule has 2 aromatic rings. The molecule has 0 aliphatic carbocycles. The number of amides is 2. The van der Waals surface area contributed by atoms with E-state index in [0.717, 1.165) is 35.8 Å². The van der Waals surface area contributed by atoms with E-state index in [-0.39, 0.29) is 6.03 Å². The van der Waals surface area contributed by atoms with Crippen LogP contribution in [-0.4, -0.2) is 34.5 Å². The molecule has 8 heteroatoms. The summed E-state index contributed by atoms with van der Waals surface area (Å²) in [4.78, 5) is 22.1. The highest BCUT2D eigenvalue weighted by Gasteiger charge is 2.11. The molecule has 6 nitrogen and oxygen atoms in total. The van der Waals surface area contributed by atoms with E-state index in [9.17, 15) is 4.79 Å². The van der Waals surface area contributed by atoms with E-state index in [1.165, 1.54) is 11.3 Å². The average Bonchev–Trinajstić information content (AvgIpc) is 3.19. The summed E-state index contributed by atoms with van der Waals surface area (Å²) in [5, 5.41) is 3.44. The molecule has 0 aromatic carbocycles. The molecule has 0 aliphatic rings. The summed E-state index contributed by atoms with van der Waals surface area (Å²) in [7, 11) is 1.79. The lowest BCUT2D eigenvalue weighted by molar-refractivity contribution is 0.222. The number of anilines is 1. The lowest BCUT2D eigenvalue weighted by Gasteiger charge is -2.16. The lowest BCUT2D eigenvalue weighted by atomic mass is 10.3. The van der Waals surface area contributed by atoms with Gasteiger partial charge in [-0.25, -0.2) is 14.8 Å². The van der Waals surface area contributed by atoms with Gasteiger partial charge in [-0.1, -0.05) is 31.6 Å². The van der Waals surface area contributed by atoms with Crippen LogP contribution in [0.25, 0.3) is 0 Å². The Morgan fingerprint density at radius 1 is 1.39 bits per heavy atom. The number of aryl methyl sites for hydroxylation is 1. The summed E-state index contributed by atoms with van der Waals surface area (Å²) < 4.78 is 6.59. The number of thiazole rings is 1. The molecule has 2 heterocycles. The standard InChI is InChI=1S/C15H22N4O2S2/c1-4-6-7-19(3)15(20)18-14-17-9-13(23-14)22-10-12-16-8-11(5-2)21-12/h8-9H,4-7,10H2,1-3H3,(H,17,18,20). The molecule has 0 saturated carbocycles. The van der Waals surface area contributed by atoms with Crippen LogP contribution in [0.3, 0.4) is 0 Å². The first-order valence-corrected chi connectivity index (χ1v) is 9.46. The van der Waals surface area contributed by atoms with Crippen molar-refractivity contribution in [1.29, 1.82) is 0 Å². The summed E-state index contributed by atoms with van der Waals surface area (Å²) in [6, 6.07) is -0.121. The van der Waals surface area contributed by atoms with Gasteiger partial charge in [-0.15, -0.1) is 11.8 Å². The summed E-state index contributed by atoms with van der Waals surface area (Å²) in [6.45, 7) is 4.89. The van der Waals surface area contributed by atoms with Crippen molar-refractivity contribution in [3.05, 3.63) is 24.0 Å². The second-order valence-electron chi connectivity index (χ2n) is 5.05. The lowest BCUT2D eigenvalue weighted by Crippen LogP contribution is -2.31. The van der Waals surface area contributed by atoms with Crippen molar-refractivity contribution >= 4 is 34.3 Å². The van der Waals surface area contributed by atoms with Crippen LogP contribution in [0.1, 0.15) is 38.3 Å². The maximum atomic E-state index is 12.0. The van der Waals surface area contributed by atoms with Crippen LogP contribution in [0.2, 0.25) is 0 Å². The first-order valence-electron chi connectivity index (χ1n) is 7.66. The van der Waals surface area contributed by atoms with E-state index in [0.29, 0.717) is 16.8 Å². The van der Waals surface area contributed by atoms with E-state index in [4.69, 9.17) is 4.42 Å². The molecule has 126 valence electrons. The maximum absolute atomic E-state index is 12.0. The molecule has 23 heavy (non-hydrogen) atoms. The number of carbonyl (C=O) groups is 1. The van der Waals surface area contributed by atoms with E-state index in [1.807, 2.05) is 6.92 Å². The van der Waals surface area contributed by atoms with Crippen LogP contribution in [0.15, 0.2) is 21.0 Å². The van der Waals surface area contributed by atoms with Crippen LogP contribution in [0.4, 0.5) is 9.93 Å². The van der Waals surface area contributed by atoms with Gasteiger partial charge in [0.2, 0.25) is 5.89 Å². The molecule has 2 rings (SSSR count). The smallest absolute Gasteiger partial charge is 0.323 e. The Balaban J connectivity index is 1.81. The molecule has 0 atom stereocenters. The Morgan fingerprint density at radius 2 is 2.22 bits per heavy atom. The molecule has 0 radical (unpaired) electrons. The minimum absolute atomic E-state index is 0.121. The van der Waals surface area contributed by atoms with E-state index in [2.05, 4.69) is 22.2 Å². The third-order valence-electron chi connectivity index (χ3n) is 3.18. The average molecular weight is 355 g/mol. The number of aromatic nitrogens is 2. The summed E-state index contributed by atoms with van der Waals surface area (Å²) in [6.07, 6.45) is 6.44. The fourth-order valence-corrected chi connectivity index (χ4v) is 3.49. The van der Waals surface area contributed by atoms with Crippen molar-refractivity contribution in [2.75, 3.05) is 18.9 Å². The Kier molecular flexibility index (Phi) is 6.91. The Morgan fingerprint density at radius 3 is 2.91 bits per heavy atom. The number of thioether (sulfide) groups is 1. The predicted molar refractivity (Wildman–Crippen MR) is 94.1 cm³/mol. The first-order chi connectivity index (χ1) is 11.1. The second kappa shape index (κ2) is 8.93. The van der Waals surface area contributed by atoms with Crippen LogP contribution >= 0.6 is 23.1 Å². The Labute approximate surface area is 144 Å². The minimum Gasteiger partial charge on any atom is -0.445 e. The third-order valence-corrected chi connectivity index (χ3v) is 5.27. The number of oxazole rings is 1. The van der Waals surface area contributed by atoms with Crippen LogP contribution in [0, 0.1) is 0 Å². The molecule has 1 N–H and O–H groups in total. The van der Waals surface area contributed by atoms with Gasteiger partial charge in [-0.2, -0.15) is 0 Å². The molecular weight excluding hydrogens is 332 g/mol. The molecule has 0 unspecified atom stereocenters. The number of urea groups is 1. The quantitative estimate of drug-likeness (QED) is 0.718. The summed E-state index contributed by atoms with van der Waals surface area (Å²) in [5.41, 5.74) is 0. The van der Waals surface area contributed by atoms with Crippen molar-refractivity contribution in [3.8, 4) is 0 Å². The predicted octanol–water partition coefficient (Wildman–Crippen LogP) is 4.25. The maximum Gasteiger partial charge on any atom is 0.323 e. The van der Waals surface area contributed by atoms with E-state index in [1.54, 1.807) is 36.1 Å². The fraction of sp³-hybridized carbons (Fsp3) is 0.533. The van der Waals surface area contributed by atoms with Crippen LogP contribution < -0.4 is 5.32 Å². The highest BCUT2D eigenvalue weighted by atomic mass is 32.2. The molecule has 0 saturated heterocycles. The highest BCUT2D eigenvalue weighted by Crippen LogP contribution is 2.30. The van der Waals surface area contributed by atoms with E-state index < -0.39 is 0 Å². The van der Waals surface area contributed by atoms with E-state index >= 15 is 0 Å². The second-order valence-corrected chi connectivity index (χ2v) is 7.36. The molecule has 0 bridgehead atoms. The largest absolute Gasteiger partial charge is 0.445 e. The number of unbranched alkanes of at least 4 members (excludes halogenated alkanes) is 1. The Bertz CT molecular complexity index is 627. The molecule has 0 aliphatic heterocycles. The minimum atomic E-state index is -0.121. The van der Waals surface area contributed by atoms with Gasteiger partial charge in [0, 0.05) is 20.0 Å². The number of nitrogens with one attached hydrogen (secondary N) is 1. The zero-order valence-corrected chi connectivity index (χ0v) is 15.3. The summed E-state index contributed by atoms with van der Waals surface area (Å²) >= 11 is 3.06. The van der Waals surface area contributed by atoms with Gasteiger partial charge in [-0.3, -0.25) is 5.32 Å². The molecule has 2 aromatic heterocycles. The third kappa shape index (κ3) is 5.54. The van der Waals surface area contributed by atoms with Gasteiger partial charge in [0.15, 0.2) is 5.13 Å². The number of hydrogen-bond acceptors (Lipinski definition) is 6. The van der Waals surface area contributed by atoms with Crippen LogP contribution in [-0.2, 0) is 12.2 Å². The van der Waals surface area contributed by atoms with Gasteiger partial charge in [-0.05, 0) is 6.42 Å². The van der Waals surface area contributed by atoms with Gasteiger partial charge in [0.05, 0.1) is 22.4 Å². The number of nitrogens with zero attached hydrogens (tertiary/aromatic N) is 3. The van der Waals surface area contributed by atoms with Gasteiger partial charge in [0.25, 0.3) is 0 Å². The Hall–Kier alpha value is -1.54. The summed E-state index contributed by atoms with van der Waals surface area (Å²) in [5.74, 6) is 2.27. The topological polar surface area (TPSA) is 71.3 Å². The molecular formula is C15H22N4O2S2. The van der Waals surface area contributed by atoms with Crippen molar-refractivity contribution in [1.82, 2.24) is 14.9 Å². The van der Waals surface area contributed by atoms with Crippen molar-refractivity contribution in [3.63, 3.8) is 0 Å². The first kappa shape index (κ1) is 17.8. The molecule has 0 fully saturated rings. The number of hydrogen-bond donors (Lipinski definition) is 1. The van der Waals surface area contributed by atoms with Crippen molar-refractivity contribution in [2.24, 2.45) is 0 Å². The van der Waals surface area contributed by atoms with Crippen LogP contribution in [0.5, 0.6) is 0 Å². The van der Waals surface area contributed by atoms with Gasteiger partial charge >= 0.3 is 6.03 Å². The zero-order chi connectivity index (χ0) is 16.7. The molecule has 2 amide bonds. The normalized spacial score (nSPS) is 10.7. The highest BCUT2D eigenvalue weighted by molar-refractivity contribution is 8.00. The zero-order valence-electron chi connectivity index (χ0n) is 13.7. The fourth-order valence-electron chi connectivity index (χ4n) is 1.78. The SMILES string of the molecule is CCCCN(C)C(=O)Nc1ncc(SCc2ncc(CC)o2)s1. The van der Waals surface area contributed by atoms with Gasteiger partial charge in [0.1, 0.15) is 5.76 Å².